The van der Waals surface area contributed by atoms with Gasteiger partial charge in [0.2, 0.25) is 0 Å². The summed E-state index contributed by atoms with van der Waals surface area (Å²) in [6.45, 7) is 9.92. The smallest absolute Gasteiger partial charge is 0.0368 e. The Labute approximate surface area is 112 Å². The number of hydrogen-bond donors (Lipinski definition) is 1. The first kappa shape index (κ1) is 15.0. The van der Waals surface area contributed by atoms with Crippen molar-refractivity contribution in [2.45, 2.75) is 59.0 Å². The van der Waals surface area contributed by atoms with Crippen molar-refractivity contribution < 1.29 is 0 Å². The van der Waals surface area contributed by atoms with Crippen LogP contribution in [0.15, 0.2) is 24.3 Å². The van der Waals surface area contributed by atoms with Gasteiger partial charge in [-0.25, -0.2) is 0 Å². The lowest BCUT2D eigenvalue weighted by Gasteiger charge is -2.29. The largest absolute Gasteiger partial charge is 0.369 e. The van der Waals surface area contributed by atoms with Gasteiger partial charge >= 0.3 is 0 Å². The normalized spacial score (nSPS) is 12.8. The minimum atomic E-state index is 0.117. The summed E-state index contributed by atoms with van der Waals surface area (Å²) in [6.07, 6.45) is 3.85. The van der Waals surface area contributed by atoms with Gasteiger partial charge in [-0.3, -0.25) is 0 Å². The second-order valence-corrected chi connectivity index (χ2v) is 5.37. The quantitative estimate of drug-likeness (QED) is 0.736. The minimum absolute atomic E-state index is 0.117. The maximum absolute atomic E-state index is 5.88. The number of nitrogens with zero attached hydrogens (tertiary/aromatic N) is 1. The molecule has 0 aliphatic rings. The van der Waals surface area contributed by atoms with Gasteiger partial charge in [-0.05, 0) is 44.9 Å². The fourth-order valence-corrected chi connectivity index (χ4v) is 2.19. The number of unbranched alkanes of at least 4 members (excludes halogenated alkanes) is 2. The van der Waals surface area contributed by atoms with Crippen molar-refractivity contribution in [1.29, 1.82) is 0 Å². The van der Waals surface area contributed by atoms with Crippen LogP contribution in [0.2, 0.25) is 0 Å². The number of benzene rings is 1. The van der Waals surface area contributed by atoms with Crippen LogP contribution in [0, 0.1) is 0 Å². The molecule has 0 aromatic heterocycles. The van der Waals surface area contributed by atoms with Gasteiger partial charge in [-0.2, -0.15) is 0 Å². The van der Waals surface area contributed by atoms with E-state index in [9.17, 15) is 0 Å². The van der Waals surface area contributed by atoms with E-state index in [1.165, 1.54) is 30.5 Å². The Hall–Kier alpha value is -1.02. The molecule has 2 heteroatoms. The highest BCUT2D eigenvalue weighted by Gasteiger charge is 2.10. The van der Waals surface area contributed by atoms with Crippen molar-refractivity contribution in [3.63, 3.8) is 0 Å². The first-order valence-corrected chi connectivity index (χ1v) is 7.18. The van der Waals surface area contributed by atoms with E-state index in [0.29, 0.717) is 6.04 Å². The SMILES string of the molecule is CCCCCN(c1ccc(C(C)N)cc1)C(C)C. The molecule has 1 aromatic carbocycles. The van der Waals surface area contributed by atoms with Gasteiger partial charge in [0.1, 0.15) is 0 Å². The molecule has 102 valence electrons. The third-order valence-corrected chi connectivity index (χ3v) is 3.38. The first-order chi connectivity index (χ1) is 8.56. The van der Waals surface area contributed by atoms with Gasteiger partial charge in [-0.1, -0.05) is 31.9 Å². The lowest BCUT2D eigenvalue weighted by atomic mass is 10.1. The number of nitrogens with two attached hydrogens (primary N) is 1. The maximum atomic E-state index is 5.88. The van der Waals surface area contributed by atoms with E-state index < -0.39 is 0 Å². The second-order valence-electron chi connectivity index (χ2n) is 5.37. The van der Waals surface area contributed by atoms with Gasteiger partial charge in [0.25, 0.3) is 0 Å². The molecule has 18 heavy (non-hydrogen) atoms. The molecule has 2 nitrogen and oxygen atoms in total. The van der Waals surface area contributed by atoms with E-state index >= 15 is 0 Å². The van der Waals surface area contributed by atoms with Crippen LogP contribution in [0.5, 0.6) is 0 Å². The first-order valence-electron chi connectivity index (χ1n) is 7.18. The fourth-order valence-electron chi connectivity index (χ4n) is 2.19. The van der Waals surface area contributed by atoms with E-state index in [0.717, 1.165) is 6.54 Å². The van der Waals surface area contributed by atoms with Crippen LogP contribution in [-0.4, -0.2) is 12.6 Å². The highest BCUT2D eigenvalue weighted by Crippen LogP contribution is 2.20. The molecule has 0 fully saturated rings. The Kier molecular flexibility index (Phi) is 6.20. The molecule has 0 amide bonds. The van der Waals surface area contributed by atoms with Gasteiger partial charge in [-0.15, -0.1) is 0 Å². The van der Waals surface area contributed by atoms with Crippen LogP contribution in [0.4, 0.5) is 5.69 Å². The Bertz CT molecular complexity index is 327. The predicted molar refractivity (Wildman–Crippen MR) is 81.1 cm³/mol. The zero-order chi connectivity index (χ0) is 13.5. The Morgan fingerprint density at radius 3 is 2.11 bits per heavy atom. The summed E-state index contributed by atoms with van der Waals surface area (Å²) in [4.78, 5) is 2.47. The molecule has 0 heterocycles. The van der Waals surface area contributed by atoms with Crippen LogP contribution in [0.3, 0.4) is 0 Å². The maximum Gasteiger partial charge on any atom is 0.0368 e. The van der Waals surface area contributed by atoms with E-state index in [-0.39, 0.29) is 6.04 Å². The molecule has 0 spiro atoms. The van der Waals surface area contributed by atoms with Crippen molar-refractivity contribution in [3.05, 3.63) is 29.8 Å². The Morgan fingerprint density at radius 2 is 1.67 bits per heavy atom. The van der Waals surface area contributed by atoms with Gasteiger partial charge in [0.05, 0.1) is 0 Å². The summed E-state index contributed by atoms with van der Waals surface area (Å²) < 4.78 is 0. The topological polar surface area (TPSA) is 29.3 Å². The van der Waals surface area contributed by atoms with Crippen LogP contribution in [0.25, 0.3) is 0 Å². The standard InChI is InChI=1S/C16H28N2/c1-5-6-7-12-18(13(2)3)16-10-8-15(9-11-16)14(4)17/h8-11,13-14H,5-7,12,17H2,1-4H3. The predicted octanol–water partition coefficient (Wildman–Crippen LogP) is 4.11. The number of anilines is 1. The van der Waals surface area contributed by atoms with Crippen LogP contribution < -0.4 is 10.6 Å². The monoisotopic (exact) mass is 248 g/mol. The summed E-state index contributed by atoms with van der Waals surface area (Å²) in [6, 6.07) is 9.36. The summed E-state index contributed by atoms with van der Waals surface area (Å²) >= 11 is 0. The second kappa shape index (κ2) is 7.42. The molecular weight excluding hydrogens is 220 g/mol. The van der Waals surface area contributed by atoms with E-state index in [2.05, 4.69) is 49.9 Å². The van der Waals surface area contributed by atoms with Crippen molar-refractivity contribution in [2.24, 2.45) is 5.73 Å². The van der Waals surface area contributed by atoms with Crippen molar-refractivity contribution in [2.75, 3.05) is 11.4 Å². The average Bonchev–Trinajstić information content (AvgIpc) is 2.34. The third kappa shape index (κ3) is 4.34. The molecular formula is C16H28N2. The average molecular weight is 248 g/mol. The number of rotatable bonds is 7. The molecule has 1 rings (SSSR count). The van der Waals surface area contributed by atoms with Crippen LogP contribution >= 0.6 is 0 Å². The van der Waals surface area contributed by atoms with E-state index in [1.807, 2.05) is 6.92 Å². The highest BCUT2D eigenvalue weighted by molar-refractivity contribution is 5.48. The Balaban J connectivity index is 2.72. The minimum Gasteiger partial charge on any atom is -0.369 e. The molecule has 0 aliphatic heterocycles. The van der Waals surface area contributed by atoms with E-state index in [4.69, 9.17) is 5.73 Å². The zero-order valence-corrected chi connectivity index (χ0v) is 12.3. The molecule has 1 unspecified atom stereocenters. The fraction of sp³-hybridized carbons (Fsp3) is 0.625. The van der Waals surface area contributed by atoms with Crippen LogP contribution in [-0.2, 0) is 0 Å². The molecule has 0 saturated carbocycles. The molecule has 0 bridgehead atoms. The van der Waals surface area contributed by atoms with Crippen LogP contribution in [0.1, 0.15) is 58.6 Å². The summed E-state index contributed by atoms with van der Waals surface area (Å²) in [5.74, 6) is 0. The van der Waals surface area contributed by atoms with Gasteiger partial charge in [0.15, 0.2) is 0 Å². The van der Waals surface area contributed by atoms with Crippen molar-refractivity contribution in [1.82, 2.24) is 0 Å². The Morgan fingerprint density at radius 1 is 1.06 bits per heavy atom. The molecule has 0 aliphatic carbocycles. The van der Waals surface area contributed by atoms with Gasteiger partial charge in [0, 0.05) is 24.3 Å². The third-order valence-electron chi connectivity index (χ3n) is 3.38. The summed E-state index contributed by atoms with van der Waals surface area (Å²) in [5, 5.41) is 0. The molecule has 0 radical (unpaired) electrons. The molecule has 1 atom stereocenters. The summed E-state index contributed by atoms with van der Waals surface area (Å²) in [5.41, 5.74) is 8.40. The summed E-state index contributed by atoms with van der Waals surface area (Å²) in [7, 11) is 0. The van der Waals surface area contributed by atoms with Crippen molar-refractivity contribution in [3.8, 4) is 0 Å². The number of hydrogen-bond acceptors (Lipinski definition) is 2. The van der Waals surface area contributed by atoms with Gasteiger partial charge < -0.3 is 10.6 Å². The molecule has 2 N–H and O–H groups in total. The van der Waals surface area contributed by atoms with E-state index in [1.54, 1.807) is 0 Å². The molecule has 0 saturated heterocycles. The lowest BCUT2D eigenvalue weighted by molar-refractivity contribution is 0.626. The highest BCUT2D eigenvalue weighted by atomic mass is 15.1. The zero-order valence-electron chi connectivity index (χ0n) is 12.3. The lowest BCUT2D eigenvalue weighted by Crippen LogP contribution is -2.31. The molecule has 1 aromatic rings. The van der Waals surface area contributed by atoms with Crippen molar-refractivity contribution >= 4 is 5.69 Å².